The number of aliphatic hydroxyl groups excluding tert-OH is 16. The first kappa shape index (κ1) is 49.2. The maximum Gasteiger partial charge on any atom is 0.217 e. The Morgan fingerprint density at radius 1 is 0.552 bits per heavy atom. The van der Waals surface area contributed by atoms with Gasteiger partial charge in [-0.05, 0) is 6.92 Å². The molecular weight excluding hydrogens is 798 g/mol. The molecule has 4 saturated heterocycles. The van der Waals surface area contributed by atoms with Crippen LogP contribution in [0.1, 0.15) is 13.8 Å². The van der Waals surface area contributed by atoms with Crippen molar-refractivity contribution in [2.45, 2.75) is 161 Å². The van der Waals surface area contributed by atoms with E-state index in [1.807, 2.05) is 0 Å². The van der Waals surface area contributed by atoms with E-state index < -0.39 is 186 Å². The van der Waals surface area contributed by atoms with Crippen molar-refractivity contribution in [1.82, 2.24) is 5.32 Å². The summed E-state index contributed by atoms with van der Waals surface area (Å²) < 4.78 is 45.4. The third-order valence-corrected chi connectivity index (χ3v) is 10.3. The number of rotatable bonds is 17. The molecule has 0 aliphatic carbocycles. The standard InChI is InChI=1S/C32H57NO25/c1-8-16(42)21(47)23(49)30(51-8)58-28-22(48)18(44)12(5-36)54-32(28)56-26-15(33-9(2)39)29(52-13(6-37)19(26)45)57-27-20(46)14(7-38)53-31(24(27)50)55-25(11(41)4-35)17(43)10(40)3-34/h8,10-32,34-38,40-50H,3-7H2,1-2H3,(H,33,39)/t8-,10+,11-,12-,13-,14-,15-,16+,17-,18+,19-,20+,21+,22+,23-,24-,25-,26-,27+,28-,29+,30-,31+,32+/m1/s1. The third-order valence-electron chi connectivity index (χ3n) is 10.3. The number of nitrogens with one attached hydrogen (secondary N) is 1. The molecule has 4 aliphatic rings. The maximum absolute atomic E-state index is 12.6. The number of ether oxygens (including phenoxy) is 8. The van der Waals surface area contributed by atoms with Gasteiger partial charge in [-0.2, -0.15) is 0 Å². The molecule has 0 saturated carbocycles. The van der Waals surface area contributed by atoms with Crippen molar-refractivity contribution in [3.8, 4) is 0 Å². The first-order valence-corrected chi connectivity index (χ1v) is 18.4. The second-order valence-corrected chi connectivity index (χ2v) is 14.4. The van der Waals surface area contributed by atoms with Gasteiger partial charge in [-0.1, -0.05) is 0 Å². The van der Waals surface area contributed by atoms with Gasteiger partial charge in [0, 0.05) is 6.92 Å². The molecule has 58 heavy (non-hydrogen) atoms. The lowest BCUT2D eigenvalue weighted by Crippen LogP contribution is -2.70. The van der Waals surface area contributed by atoms with Gasteiger partial charge in [0.2, 0.25) is 5.91 Å². The lowest BCUT2D eigenvalue weighted by molar-refractivity contribution is -0.387. The molecule has 0 spiro atoms. The molecule has 0 bridgehead atoms. The van der Waals surface area contributed by atoms with Gasteiger partial charge in [-0.15, -0.1) is 0 Å². The fourth-order valence-electron chi connectivity index (χ4n) is 6.95. The number of carbonyl (C=O) groups excluding carboxylic acids is 1. The highest BCUT2D eigenvalue weighted by Crippen LogP contribution is 2.35. The van der Waals surface area contributed by atoms with Crippen LogP contribution in [0.5, 0.6) is 0 Å². The lowest BCUT2D eigenvalue weighted by Gasteiger charge is -2.50. The van der Waals surface area contributed by atoms with E-state index in [0.717, 1.165) is 6.92 Å². The van der Waals surface area contributed by atoms with E-state index >= 15 is 0 Å². The van der Waals surface area contributed by atoms with E-state index in [-0.39, 0.29) is 0 Å². The smallest absolute Gasteiger partial charge is 0.217 e. The molecule has 4 rings (SSSR count). The summed E-state index contributed by atoms with van der Waals surface area (Å²) in [5.41, 5.74) is 0. The molecule has 4 fully saturated rings. The van der Waals surface area contributed by atoms with Crippen molar-refractivity contribution < 1.29 is 124 Å². The number of hydrogen-bond donors (Lipinski definition) is 17. The molecule has 17 N–H and O–H groups in total. The van der Waals surface area contributed by atoms with Gasteiger partial charge < -0.3 is 125 Å². The predicted molar refractivity (Wildman–Crippen MR) is 179 cm³/mol. The largest absolute Gasteiger partial charge is 0.394 e. The molecule has 340 valence electrons. The number of hydrogen-bond acceptors (Lipinski definition) is 25. The summed E-state index contributed by atoms with van der Waals surface area (Å²) in [7, 11) is 0. The van der Waals surface area contributed by atoms with Crippen molar-refractivity contribution in [3.05, 3.63) is 0 Å². The van der Waals surface area contributed by atoms with Crippen LogP contribution in [-0.4, -0.2) is 268 Å². The van der Waals surface area contributed by atoms with Crippen LogP contribution in [0.15, 0.2) is 0 Å². The number of aliphatic hydroxyl groups is 16. The van der Waals surface area contributed by atoms with Crippen LogP contribution in [-0.2, 0) is 42.7 Å². The van der Waals surface area contributed by atoms with Crippen molar-refractivity contribution in [3.63, 3.8) is 0 Å². The zero-order valence-corrected chi connectivity index (χ0v) is 31.2. The van der Waals surface area contributed by atoms with Crippen LogP contribution in [0.3, 0.4) is 0 Å². The minimum absolute atomic E-state index is 0.841. The molecule has 26 nitrogen and oxygen atoms in total. The van der Waals surface area contributed by atoms with Crippen molar-refractivity contribution >= 4 is 5.91 Å². The average Bonchev–Trinajstić information content (AvgIpc) is 3.20. The van der Waals surface area contributed by atoms with E-state index in [4.69, 9.17) is 37.9 Å². The Labute approximate surface area is 329 Å². The number of carbonyl (C=O) groups is 1. The summed E-state index contributed by atoms with van der Waals surface area (Å²) >= 11 is 0. The van der Waals surface area contributed by atoms with Gasteiger partial charge in [-0.3, -0.25) is 4.79 Å². The monoisotopic (exact) mass is 855 g/mol. The Balaban J connectivity index is 1.68. The Bertz CT molecular complexity index is 1260. The van der Waals surface area contributed by atoms with Crippen molar-refractivity contribution in [2.24, 2.45) is 0 Å². The molecule has 0 aromatic heterocycles. The van der Waals surface area contributed by atoms with Crippen LogP contribution in [0.2, 0.25) is 0 Å². The van der Waals surface area contributed by atoms with Gasteiger partial charge >= 0.3 is 0 Å². The highest BCUT2D eigenvalue weighted by Gasteiger charge is 2.56. The predicted octanol–water partition coefficient (Wildman–Crippen LogP) is -11.1. The van der Waals surface area contributed by atoms with Crippen LogP contribution >= 0.6 is 0 Å². The molecule has 0 radical (unpaired) electrons. The Morgan fingerprint density at radius 3 is 1.60 bits per heavy atom. The first-order valence-electron chi connectivity index (χ1n) is 18.4. The van der Waals surface area contributed by atoms with Crippen LogP contribution in [0.4, 0.5) is 0 Å². The van der Waals surface area contributed by atoms with Gasteiger partial charge in [0.25, 0.3) is 0 Å². The van der Waals surface area contributed by atoms with E-state index in [1.165, 1.54) is 6.92 Å². The summed E-state index contributed by atoms with van der Waals surface area (Å²) in [6.07, 6.45) is -43.0. The molecule has 4 aliphatic heterocycles. The molecule has 0 unspecified atom stereocenters. The highest BCUT2D eigenvalue weighted by atomic mass is 16.8. The lowest BCUT2D eigenvalue weighted by atomic mass is 9.94. The molecule has 26 heteroatoms. The summed E-state index contributed by atoms with van der Waals surface area (Å²) in [5.74, 6) is -0.841. The summed E-state index contributed by atoms with van der Waals surface area (Å²) in [6.45, 7) is -2.67. The average molecular weight is 856 g/mol. The van der Waals surface area contributed by atoms with Crippen molar-refractivity contribution in [1.29, 1.82) is 0 Å². The minimum Gasteiger partial charge on any atom is -0.394 e. The second kappa shape index (κ2) is 21.5. The molecule has 4 heterocycles. The molecule has 0 aromatic rings. The van der Waals surface area contributed by atoms with Gasteiger partial charge in [0.05, 0.1) is 39.1 Å². The zero-order valence-electron chi connectivity index (χ0n) is 31.2. The van der Waals surface area contributed by atoms with Gasteiger partial charge in [-0.25, -0.2) is 0 Å². The normalized spacial score (nSPS) is 45.9. The fourth-order valence-corrected chi connectivity index (χ4v) is 6.95. The van der Waals surface area contributed by atoms with E-state index in [2.05, 4.69) is 5.32 Å². The molecular formula is C32H57NO25. The summed E-state index contributed by atoms with van der Waals surface area (Å²) in [4.78, 5) is 12.6. The van der Waals surface area contributed by atoms with Crippen LogP contribution < -0.4 is 5.32 Å². The van der Waals surface area contributed by atoms with Gasteiger partial charge in [0.15, 0.2) is 25.2 Å². The SMILES string of the molecule is CC(=O)N[C@H]1[C@H](O[C@H]2[C@@H](O)[C@@H](CO)O[C@@H](O[C@@H]([C@H](O)[C@@H](O)CO)[C@H](O)CO)[C@@H]2O)O[C@H](CO)[C@@H](O)[C@@H]1O[C@@H]1O[C@H](CO)[C@H](O)[C@H](O)[C@H]1O[C@H]1O[C@H](C)[C@H](O)[C@H](O)[C@H]1O. The second-order valence-electron chi connectivity index (χ2n) is 14.4. The fraction of sp³-hybridized carbons (Fsp3) is 0.969. The van der Waals surface area contributed by atoms with Crippen LogP contribution in [0.25, 0.3) is 0 Å². The van der Waals surface area contributed by atoms with Crippen molar-refractivity contribution in [2.75, 3.05) is 33.0 Å². The van der Waals surface area contributed by atoms with Crippen LogP contribution in [0, 0.1) is 0 Å². The summed E-state index contributed by atoms with van der Waals surface area (Å²) in [5, 5.41) is 169. The summed E-state index contributed by atoms with van der Waals surface area (Å²) in [6, 6.07) is -1.75. The minimum atomic E-state index is -2.18. The van der Waals surface area contributed by atoms with E-state index in [1.54, 1.807) is 0 Å². The quantitative estimate of drug-likeness (QED) is 0.0646. The van der Waals surface area contributed by atoms with E-state index in [0.29, 0.717) is 0 Å². The maximum atomic E-state index is 12.6. The highest BCUT2D eigenvalue weighted by molar-refractivity contribution is 5.73. The molecule has 24 atom stereocenters. The van der Waals surface area contributed by atoms with Gasteiger partial charge in [0.1, 0.15) is 116 Å². The molecule has 0 aromatic carbocycles. The zero-order chi connectivity index (χ0) is 43.3. The topological polar surface area (TPSA) is 427 Å². The third kappa shape index (κ3) is 10.7. The molecule has 1 amide bonds. The Hall–Kier alpha value is -1.49. The Morgan fingerprint density at radius 2 is 1.05 bits per heavy atom. The first-order chi connectivity index (χ1) is 27.3. The van der Waals surface area contributed by atoms with E-state index in [9.17, 15) is 86.5 Å². The number of amides is 1. The Kier molecular flexibility index (Phi) is 18.3.